The van der Waals surface area contributed by atoms with E-state index in [-0.39, 0.29) is 11.4 Å². The molecule has 0 spiro atoms. The van der Waals surface area contributed by atoms with Crippen molar-refractivity contribution in [3.8, 4) is 11.1 Å². The summed E-state index contributed by atoms with van der Waals surface area (Å²) in [6.45, 7) is 3.86. The highest BCUT2D eigenvalue weighted by atomic mass is 32.1. The smallest absolute Gasteiger partial charge is 0.200 e. The molecule has 0 radical (unpaired) electrons. The van der Waals surface area contributed by atoms with Crippen molar-refractivity contribution in [1.29, 1.82) is 0 Å². The highest BCUT2D eigenvalue weighted by Gasteiger charge is 2.31. The van der Waals surface area contributed by atoms with Crippen LogP contribution >= 0.6 is 22.7 Å². The Bertz CT molecular complexity index is 2900. The Morgan fingerprint density at radius 2 is 0.887 bits per heavy atom. The lowest BCUT2D eigenvalue weighted by Crippen LogP contribution is -2.17. The third-order valence-corrected chi connectivity index (χ3v) is 12.0. The molecule has 9 aromatic rings. The summed E-state index contributed by atoms with van der Waals surface area (Å²) in [7, 11) is 0. The molecule has 0 saturated heterocycles. The van der Waals surface area contributed by atoms with Crippen LogP contribution in [0.1, 0.15) is 11.1 Å². The van der Waals surface area contributed by atoms with Gasteiger partial charge in [0, 0.05) is 63.1 Å². The summed E-state index contributed by atoms with van der Waals surface area (Å²) < 4.78 is 79.3. The Morgan fingerprint density at radius 3 is 1.51 bits per heavy atom. The van der Waals surface area contributed by atoms with Gasteiger partial charge in [-0.25, -0.2) is 22.0 Å². The number of aryl methyl sites for hydroxylation is 2. The molecule has 0 unspecified atom stereocenters. The predicted molar refractivity (Wildman–Crippen MR) is 211 cm³/mol. The van der Waals surface area contributed by atoms with Crippen molar-refractivity contribution < 1.29 is 22.0 Å². The van der Waals surface area contributed by atoms with Gasteiger partial charge >= 0.3 is 0 Å². The van der Waals surface area contributed by atoms with E-state index in [9.17, 15) is 13.2 Å². The van der Waals surface area contributed by atoms with Crippen LogP contribution in [0.2, 0.25) is 0 Å². The summed E-state index contributed by atoms with van der Waals surface area (Å²) in [6.07, 6.45) is 0. The summed E-state index contributed by atoms with van der Waals surface area (Å²) in [5.41, 5.74) is 4.85. The van der Waals surface area contributed by atoms with E-state index in [1.807, 2.05) is 68.4 Å². The van der Waals surface area contributed by atoms with Crippen LogP contribution in [0.4, 0.5) is 50.4 Å². The number of rotatable bonds is 6. The molecule has 2 nitrogen and oxygen atoms in total. The van der Waals surface area contributed by atoms with E-state index in [0.29, 0.717) is 0 Å². The molecule has 0 aliphatic heterocycles. The lowest BCUT2D eigenvalue weighted by atomic mass is 9.95. The van der Waals surface area contributed by atoms with Gasteiger partial charge in [0.2, 0.25) is 5.82 Å². The number of nitrogens with one attached hydrogen (secondary N) is 1. The van der Waals surface area contributed by atoms with Gasteiger partial charge in [0.15, 0.2) is 23.3 Å². The van der Waals surface area contributed by atoms with Crippen molar-refractivity contribution in [3.05, 3.63) is 162 Å². The molecule has 0 bridgehead atoms. The normalized spacial score (nSPS) is 11.7. The third kappa shape index (κ3) is 5.50. The number of halogens is 5. The molecule has 0 aliphatic carbocycles. The monoisotopic (exact) mass is 742 g/mol. The van der Waals surface area contributed by atoms with Gasteiger partial charge in [-0.3, -0.25) is 0 Å². The summed E-state index contributed by atoms with van der Waals surface area (Å²) in [5.74, 6) is -10.0. The number of thiophene rings is 2. The van der Waals surface area contributed by atoms with E-state index in [2.05, 4.69) is 41.7 Å². The Balaban J connectivity index is 1.10. The van der Waals surface area contributed by atoms with E-state index in [1.54, 1.807) is 53.0 Å². The van der Waals surface area contributed by atoms with Gasteiger partial charge in [-0.2, -0.15) is 0 Å². The molecular weight excluding hydrogens is 716 g/mol. The fourth-order valence-electron chi connectivity index (χ4n) is 7.15. The first-order valence-electron chi connectivity index (χ1n) is 16.8. The number of anilines is 5. The average Bonchev–Trinajstić information content (AvgIpc) is 3.73. The molecule has 1 N–H and O–H groups in total. The van der Waals surface area contributed by atoms with E-state index in [1.165, 1.54) is 20.2 Å². The maximum absolute atomic E-state index is 15.6. The second-order valence-electron chi connectivity index (χ2n) is 13.0. The minimum absolute atomic E-state index is 0.237. The van der Waals surface area contributed by atoms with Crippen LogP contribution in [0.15, 0.2) is 121 Å². The average molecular weight is 743 g/mol. The molecule has 53 heavy (non-hydrogen) atoms. The molecule has 0 atom stereocenters. The molecule has 0 fully saturated rings. The first-order valence-corrected chi connectivity index (χ1v) is 18.4. The molecule has 0 amide bonds. The van der Waals surface area contributed by atoms with Gasteiger partial charge < -0.3 is 10.2 Å². The van der Waals surface area contributed by atoms with Crippen LogP contribution in [-0.2, 0) is 0 Å². The molecule has 0 saturated carbocycles. The summed E-state index contributed by atoms with van der Waals surface area (Å²) in [5, 5.41) is 7.68. The Morgan fingerprint density at radius 1 is 0.434 bits per heavy atom. The molecular formula is C44H27F5N2S2. The molecule has 2 aromatic heterocycles. The number of hydrogen-bond donors (Lipinski definition) is 1. The predicted octanol–water partition coefficient (Wildman–Crippen LogP) is 14.6. The first-order chi connectivity index (χ1) is 25.7. The lowest BCUT2D eigenvalue weighted by molar-refractivity contribution is 0.380. The van der Waals surface area contributed by atoms with Crippen LogP contribution < -0.4 is 10.2 Å². The number of fused-ring (bicyclic) bond motifs is 6. The van der Waals surface area contributed by atoms with Crippen LogP contribution in [0.5, 0.6) is 0 Å². The second-order valence-corrected chi connectivity index (χ2v) is 15.2. The topological polar surface area (TPSA) is 15.3 Å². The van der Waals surface area contributed by atoms with Crippen molar-refractivity contribution in [2.75, 3.05) is 10.2 Å². The quantitative estimate of drug-likeness (QED) is 0.104. The Kier molecular flexibility index (Phi) is 7.94. The highest BCUT2D eigenvalue weighted by molar-refractivity contribution is 7.26. The zero-order chi connectivity index (χ0) is 36.5. The largest absolute Gasteiger partial charge is 0.355 e. The van der Waals surface area contributed by atoms with E-state index in [4.69, 9.17) is 0 Å². The minimum atomic E-state index is -2.21. The maximum atomic E-state index is 15.6. The van der Waals surface area contributed by atoms with Crippen molar-refractivity contribution in [1.82, 2.24) is 0 Å². The summed E-state index contributed by atoms with van der Waals surface area (Å²) in [4.78, 5) is 1.10. The molecule has 9 heteroatoms. The zero-order valence-electron chi connectivity index (χ0n) is 28.2. The van der Waals surface area contributed by atoms with Crippen molar-refractivity contribution in [3.63, 3.8) is 0 Å². The molecule has 260 valence electrons. The Hall–Kier alpha value is -5.77. The zero-order valence-corrected chi connectivity index (χ0v) is 29.8. The standard InChI is InChI=1S/C44H27F5N2S2/c1-23-19-25(50-26-12-17-37-33(21-26)31-7-3-5-9-35(31)52-37)11-15-29(23)30-16-13-27(20-24(30)2)51(44-42(48)40(46)39(45)41(47)43(44)49)28-14-18-38-34(22-28)32-8-4-6-10-36(32)53-38/h3-22,50H,1-2H3. The SMILES string of the molecule is Cc1cc(Nc2ccc3sc4ccccc4c3c2)ccc1-c1ccc(N(c2ccc3sc4ccccc4c3c2)c2c(F)c(F)c(F)c(F)c2F)cc1C. The van der Waals surface area contributed by atoms with Gasteiger partial charge in [-0.05, 0) is 109 Å². The van der Waals surface area contributed by atoms with Crippen molar-refractivity contribution in [2.24, 2.45) is 0 Å². The fraction of sp³-hybridized carbons (Fsp3) is 0.0455. The fourth-order valence-corrected chi connectivity index (χ4v) is 9.33. The van der Waals surface area contributed by atoms with Crippen LogP contribution in [0.25, 0.3) is 51.5 Å². The second kappa shape index (κ2) is 12.7. The van der Waals surface area contributed by atoms with Gasteiger partial charge in [-0.1, -0.05) is 48.5 Å². The number of hydrogen-bond acceptors (Lipinski definition) is 4. The molecule has 2 heterocycles. The highest BCUT2D eigenvalue weighted by Crippen LogP contribution is 2.45. The molecule has 0 aliphatic rings. The maximum Gasteiger partial charge on any atom is 0.200 e. The number of nitrogens with zero attached hydrogens (tertiary/aromatic N) is 1. The first kappa shape index (κ1) is 33.1. The third-order valence-electron chi connectivity index (χ3n) is 9.68. The Labute approximate surface area is 309 Å². The van der Waals surface area contributed by atoms with Crippen molar-refractivity contribution in [2.45, 2.75) is 13.8 Å². The van der Waals surface area contributed by atoms with Crippen molar-refractivity contribution >= 4 is 91.5 Å². The summed E-state index contributed by atoms with van der Waals surface area (Å²) >= 11 is 3.32. The summed E-state index contributed by atoms with van der Waals surface area (Å²) in [6, 6.07) is 38.8. The van der Waals surface area contributed by atoms with Gasteiger partial charge in [0.05, 0.1) is 0 Å². The van der Waals surface area contributed by atoms with E-state index in [0.717, 1.165) is 58.7 Å². The number of benzene rings is 7. The van der Waals surface area contributed by atoms with E-state index < -0.39 is 34.8 Å². The lowest BCUT2D eigenvalue weighted by Gasteiger charge is -2.27. The van der Waals surface area contributed by atoms with E-state index >= 15 is 8.78 Å². The minimum Gasteiger partial charge on any atom is -0.355 e. The molecule has 9 rings (SSSR count). The molecule has 7 aromatic carbocycles. The van der Waals surface area contributed by atoms with Crippen LogP contribution in [0, 0.1) is 42.9 Å². The van der Waals surface area contributed by atoms with Crippen LogP contribution in [0.3, 0.4) is 0 Å². The van der Waals surface area contributed by atoms with Crippen LogP contribution in [-0.4, -0.2) is 0 Å². The van der Waals surface area contributed by atoms with Gasteiger partial charge in [0.1, 0.15) is 5.69 Å². The van der Waals surface area contributed by atoms with Gasteiger partial charge in [-0.15, -0.1) is 22.7 Å². The van der Waals surface area contributed by atoms with Gasteiger partial charge in [0.25, 0.3) is 0 Å².